The van der Waals surface area contributed by atoms with Gasteiger partial charge in [-0.2, -0.15) is 0 Å². The molecule has 0 aromatic carbocycles. The molecule has 92 valence electrons. The zero-order valence-corrected chi connectivity index (χ0v) is 10.1. The molecule has 0 spiro atoms. The molecule has 3 N–H and O–H groups in total. The van der Waals surface area contributed by atoms with Crippen molar-refractivity contribution in [1.29, 1.82) is 0 Å². The van der Waals surface area contributed by atoms with Gasteiger partial charge in [0.05, 0.1) is 19.8 Å². The predicted octanol–water partition coefficient (Wildman–Crippen LogP) is 0.240. The van der Waals surface area contributed by atoms with Gasteiger partial charge in [-0.05, 0) is 5.92 Å². The summed E-state index contributed by atoms with van der Waals surface area (Å²) in [6.45, 7) is 8.85. The van der Waals surface area contributed by atoms with E-state index in [1.54, 1.807) is 0 Å². The van der Waals surface area contributed by atoms with E-state index in [-0.39, 0.29) is 13.2 Å². The summed E-state index contributed by atoms with van der Waals surface area (Å²) in [6, 6.07) is 0. The summed E-state index contributed by atoms with van der Waals surface area (Å²) in [5.74, 6) is 0.560. The Morgan fingerprint density at radius 3 is 2.33 bits per heavy atom. The third kappa shape index (κ3) is 7.73. The van der Waals surface area contributed by atoms with Crippen molar-refractivity contribution in [2.24, 2.45) is 11.3 Å². The second-order valence-electron chi connectivity index (χ2n) is 4.77. The molecule has 0 rings (SSSR count). The van der Waals surface area contributed by atoms with E-state index in [0.29, 0.717) is 19.1 Å². The van der Waals surface area contributed by atoms with Crippen LogP contribution in [0.1, 0.15) is 20.8 Å². The number of hydrogen-bond acceptors (Lipinski definition) is 4. The normalized spacial score (nSPS) is 12.4. The Kier molecular flexibility index (Phi) is 7.96. The number of aliphatic hydroxyl groups excluding tert-OH is 2. The van der Waals surface area contributed by atoms with Crippen molar-refractivity contribution in [3.63, 3.8) is 0 Å². The van der Waals surface area contributed by atoms with Crippen molar-refractivity contribution < 1.29 is 14.9 Å². The summed E-state index contributed by atoms with van der Waals surface area (Å²) >= 11 is 0. The van der Waals surface area contributed by atoms with Gasteiger partial charge < -0.3 is 20.3 Å². The minimum Gasteiger partial charge on any atom is -0.396 e. The largest absolute Gasteiger partial charge is 0.396 e. The van der Waals surface area contributed by atoms with Crippen molar-refractivity contribution in [1.82, 2.24) is 5.32 Å². The molecule has 0 atom stereocenters. The van der Waals surface area contributed by atoms with E-state index in [1.807, 2.05) is 6.92 Å². The first-order valence-electron chi connectivity index (χ1n) is 5.54. The SMILES string of the molecule is CC(C)COCCNCC(C)(CO)CO. The molecule has 4 nitrogen and oxygen atoms in total. The summed E-state index contributed by atoms with van der Waals surface area (Å²) in [7, 11) is 0. The number of hydrogen-bond donors (Lipinski definition) is 3. The van der Waals surface area contributed by atoms with Gasteiger partial charge in [0.25, 0.3) is 0 Å². The predicted molar refractivity (Wildman–Crippen MR) is 60.8 cm³/mol. The van der Waals surface area contributed by atoms with Crippen LogP contribution < -0.4 is 5.32 Å². The number of ether oxygens (including phenoxy) is 1. The van der Waals surface area contributed by atoms with E-state index in [1.165, 1.54) is 0 Å². The van der Waals surface area contributed by atoms with E-state index in [2.05, 4.69) is 19.2 Å². The molecule has 0 aliphatic heterocycles. The van der Waals surface area contributed by atoms with E-state index < -0.39 is 5.41 Å². The number of rotatable bonds is 9. The number of aliphatic hydroxyl groups is 2. The second-order valence-corrected chi connectivity index (χ2v) is 4.77. The van der Waals surface area contributed by atoms with Crippen molar-refractivity contribution in [3.8, 4) is 0 Å². The molecule has 0 saturated carbocycles. The average Bonchev–Trinajstić information content (AvgIpc) is 2.22. The average molecular weight is 219 g/mol. The van der Waals surface area contributed by atoms with Crippen molar-refractivity contribution in [3.05, 3.63) is 0 Å². The van der Waals surface area contributed by atoms with Crippen molar-refractivity contribution in [2.75, 3.05) is 39.5 Å². The first-order valence-corrected chi connectivity index (χ1v) is 5.54. The van der Waals surface area contributed by atoms with Crippen LogP contribution >= 0.6 is 0 Å². The first kappa shape index (κ1) is 14.8. The molecule has 0 aliphatic carbocycles. The van der Waals surface area contributed by atoms with E-state index in [4.69, 9.17) is 14.9 Å². The van der Waals surface area contributed by atoms with Gasteiger partial charge in [0.2, 0.25) is 0 Å². The topological polar surface area (TPSA) is 61.7 Å². The van der Waals surface area contributed by atoms with Gasteiger partial charge in [0, 0.05) is 25.1 Å². The first-order chi connectivity index (χ1) is 7.04. The molecule has 0 unspecified atom stereocenters. The Hall–Kier alpha value is -0.160. The van der Waals surface area contributed by atoms with Crippen LogP contribution in [0.2, 0.25) is 0 Å². The van der Waals surface area contributed by atoms with Gasteiger partial charge >= 0.3 is 0 Å². The van der Waals surface area contributed by atoms with Crippen molar-refractivity contribution in [2.45, 2.75) is 20.8 Å². The van der Waals surface area contributed by atoms with Crippen LogP contribution in [0.25, 0.3) is 0 Å². The monoisotopic (exact) mass is 219 g/mol. The highest BCUT2D eigenvalue weighted by Crippen LogP contribution is 2.11. The molecule has 0 saturated heterocycles. The highest BCUT2D eigenvalue weighted by atomic mass is 16.5. The van der Waals surface area contributed by atoms with Gasteiger partial charge in [0.15, 0.2) is 0 Å². The quantitative estimate of drug-likeness (QED) is 0.486. The zero-order valence-electron chi connectivity index (χ0n) is 10.1. The lowest BCUT2D eigenvalue weighted by molar-refractivity contribution is 0.0645. The summed E-state index contributed by atoms with van der Waals surface area (Å²) in [4.78, 5) is 0. The van der Waals surface area contributed by atoms with Gasteiger partial charge in [-0.15, -0.1) is 0 Å². The van der Waals surface area contributed by atoms with Crippen LogP contribution in [0.15, 0.2) is 0 Å². The lowest BCUT2D eigenvalue weighted by Crippen LogP contribution is -2.39. The Bertz CT molecular complexity index is 147. The van der Waals surface area contributed by atoms with Crippen LogP contribution in [0.4, 0.5) is 0 Å². The Labute approximate surface area is 92.6 Å². The minimum absolute atomic E-state index is 0.0106. The molecular weight excluding hydrogens is 194 g/mol. The summed E-state index contributed by atoms with van der Waals surface area (Å²) in [6.07, 6.45) is 0. The molecule has 0 fully saturated rings. The molecule has 0 radical (unpaired) electrons. The molecule has 0 heterocycles. The maximum atomic E-state index is 9.03. The third-order valence-electron chi connectivity index (χ3n) is 2.19. The standard InChI is InChI=1S/C11H25NO3/c1-10(2)6-15-5-4-12-7-11(3,8-13)9-14/h10,12-14H,4-9H2,1-3H3. The smallest absolute Gasteiger partial charge is 0.0591 e. The molecule has 4 heteroatoms. The Morgan fingerprint density at radius 1 is 1.27 bits per heavy atom. The maximum absolute atomic E-state index is 9.03. The van der Waals surface area contributed by atoms with Crippen LogP contribution in [0.5, 0.6) is 0 Å². The highest BCUT2D eigenvalue weighted by Gasteiger charge is 2.21. The summed E-state index contributed by atoms with van der Waals surface area (Å²) in [5, 5.41) is 21.2. The lowest BCUT2D eigenvalue weighted by atomic mass is 9.93. The Balaban J connectivity index is 3.37. The zero-order chi connectivity index (χ0) is 11.7. The van der Waals surface area contributed by atoms with Gasteiger partial charge in [-0.25, -0.2) is 0 Å². The van der Waals surface area contributed by atoms with Crippen molar-refractivity contribution >= 4 is 0 Å². The molecule has 15 heavy (non-hydrogen) atoms. The van der Waals surface area contributed by atoms with Gasteiger partial charge in [-0.3, -0.25) is 0 Å². The summed E-state index contributed by atoms with van der Waals surface area (Å²) < 4.78 is 5.39. The van der Waals surface area contributed by atoms with Crippen LogP contribution in [-0.4, -0.2) is 49.7 Å². The molecule has 0 amide bonds. The van der Waals surface area contributed by atoms with Crippen LogP contribution in [-0.2, 0) is 4.74 Å². The number of nitrogens with one attached hydrogen (secondary N) is 1. The second kappa shape index (κ2) is 8.05. The highest BCUT2D eigenvalue weighted by molar-refractivity contribution is 4.74. The van der Waals surface area contributed by atoms with Crippen LogP contribution in [0, 0.1) is 11.3 Å². The van der Waals surface area contributed by atoms with E-state index in [0.717, 1.165) is 13.2 Å². The molecule has 0 aromatic heterocycles. The van der Waals surface area contributed by atoms with Crippen LogP contribution in [0.3, 0.4) is 0 Å². The molecule has 0 bridgehead atoms. The van der Waals surface area contributed by atoms with Gasteiger partial charge in [-0.1, -0.05) is 20.8 Å². The fraction of sp³-hybridized carbons (Fsp3) is 1.00. The Morgan fingerprint density at radius 2 is 1.87 bits per heavy atom. The molecule has 0 aliphatic rings. The third-order valence-corrected chi connectivity index (χ3v) is 2.19. The fourth-order valence-electron chi connectivity index (χ4n) is 1.02. The maximum Gasteiger partial charge on any atom is 0.0591 e. The summed E-state index contributed by atoms with van der Waals surface area (Å²) in [5.41, 5.74) is -0.432. The molecular formula is C11H25NO3. The van der Waals surface area contributed by atoms with E-state index >= 15 is 0 Å². The fourth-order valence-corrected chi connectivity index (χ4v) is 1.02. The van der Waals surface area contributed by atoms with E-state index in [9.17, 15) is 0 Å². The van der Waals surface area contributed by atoms with Gasteiger partial charge in [0.1, 0.15) is 0 Å². The lowest BCUT2D eigenvalue weighted by Gasteiger charge is -2.24. The minimum atomic E-state index is -0.432. The molecule has 0 aromatic rings.